The molecule has 0 saturated heterocycles. The molecule has 1 nitrogen and oxygen atoms in total. The Balaban J connectivity index is 1.86. The van der Waals surface area contributed by atoms with E-state index >= 15 is 0 Å². The highest BCUT2D eigenvalue weighted by Gasteiger charge is 2.38. The zero-order chi connectivity index (χ0) is 12.6. The summed E-state index contributed by atoms with van der Waals surface area (Å²) in [5.41, 5.74) is 3.14. The van der Waals surface area contributed by atoms with Crippen LogP contribution in [-0.2, 0) is 4.79 Å². The summed E-state index contributed by atoms with van der Waals surface area (Å²) in [4.78, 5) is 11.6. The van der Waals surface area contributed by atoms with Crippen molar-refractivity contribution < 1.29 is 4.79 Å². The zero-order valence-corrected chi connectivity index (χ0v) is 11.0. The van der Waals surface area contributed by atoms with Gasteiger partial charge in [-0.15, -0.1) is 0 Å². The molecule has 0 radical (unpaired) electrons. The number of carbonyl (C=O) groups excluding carboxylic acids is 1. The van der Waals surface area contributed by atoms with Crippen molar-refractivity contribution >= 4 is 5.78 Å². The summed E-state index contributed by atoms with van der Waals surface area (Å²) in [6, 6.07) is 10.7. The molecule has 1 aromatic rings. The molecule has 0 N–H and O–H groups in total. The molecular formula is C17H20O. The summed E-state index contributed by atoms with van der Waals surface area (Å²) in [7, 11) is 0. The molecule has 1 aromatic carbocycles. The number of ketones is 1. The number of benzene rings is 1. The van der Waals surface area contributed by atoms with Crippen molar-refractivity contribution in [3.8, 4) is 0 Å². The van der Waals surface area contributed by atoms with Gasteiger partial charge < -0.3 is 0 Å². The van der Waals surface area contributed by atoms with Gasteiger partial charge in [0.1, 0.15) is 0 Å². The standard InChI is InChI=1S/C17H20O/c1-17-9-7-14(13-5-3-2-4-6-13)11-15(17)12-16(18)8-10-17/h2-6,12,14H,7-11H2,1H3/t14-,17-/m0/s1. The van der Waals surface area contributed by atoms with Crippen LogP contribution in [0.25, 0.3) is 0 Å². The number of hydrogen-bond acceptors (Lipinski definition) is 1. The molecule has 1 saturated carbocycles. The second-order valence-electron chi connectivity index (χ2n) is 6.05. The second-order valence-corrected chi connectivity index (χ2v) is 6.05. The predicted octanol–water partition coefficient (Wildman–Crippen LogP) is 4.25. The minimum absolute atomic E-state index is 0.305. The van der Waals surface area contributed by atoms with Crippen molar-refractivity contribution in [1.82, 2.24) is 0 Å². The van der Waals surface area contributed by atoms with Gasteiger partial charge in [-0.1, -0.05) is 42.8 Å². The normalized spacial score (nSPS) is 31.7. The van der Waals surface area contributed by atoms with Gasteiger partial charge in [-0.05, 0) is 48.7 Å². The van der Waals surface area contributed by atoms with Crippen molar-refractivity contribution in [2.45, 2.75) is 44.9 Å². The number of carbonyl (C=O) groups is 1. The Labute approximate surface area is 109 Å². The van der Waals surface area contributed by atoms with Crippen molar-refractivity contribution in [3.63, 3.8) is 0 Å². The van der Waals surface area contributed by atoms with E-state index in [1.54, 1.807) is 0 Å². The van der Waals surface area contributed by atoms with Crippen LogP contribution >= 0.6 is 0 Å². The molecular weight excluding hydrogens is 220 g/mol. The van der Waals surface area contributed by atoms with Gasteiger partial charge >= 0.3 is 0 Å². The molecule has 0 amide bonds. The van der Waals surface area contributed by atoms with Crippen molar-refractivity contribution in [1.29, 1.82) is 0 Å². The van der Waals surface area contributed by atoms with E-state index in [2.05, 4.69) is 37.3 Å². The topological polar surface area (TPSA) is 17.1 Å². The Bertz CT molecular complexity index is 486. The Morgan fingerprint density at radius 3 is 2.72 bits per heavy atom. The first-order valence-electron chi connectivity index (χ1n) is 6.96. The lowest BCUT2D eigenvalue weighted by Crippen LogP contribution is -2.30. The third kappa shape index (κ3) is 2.03. The molecule has 1 heteroatoms. The highest BCUT2D eigenvalue weighted by Crippen LogP contribution is 2.50. The lowest BCUT2D eigenvalue weighted by atomic mass is 9.62. The average Bonchev–Trinajstić information content (AvgIpc) is 2.40. The maximum atomic E-state index is 11.6. The van der Waals surface area contributed by atoms with Crippen LogP contribution < -0.4 is 0 Å². The SMILES string of the molecule is C[C@]12CCC(=O)C=C1C[C@@H](c1ccccc1)CC2. The molecule has 0 aliphatic heterocycles. The summed E-state index contributed by atoms with van der Waals surface area (Å²) in [5.74, 6) is 0.938. The minimum Gasteiger partial charge on any atom is -0.295 e. The Kier molecular flexibility index (Phi) is 2.85. The van der Waals surface area contributed by atoms with Crippen molar-refractivity contribution in [2.75, 3.05) is 0 Å². The molecule has 0 spiro atoms. The fourth-order valence-electron chi connectivity index (χ4n) is 3.46. The molecule has 0 heterocycles. The van der Waals surface area contributed by atoms with Gasteiger partial charge in [-0.2, -0.15) is 0 Å². The number of rotatable bonds is 1. The molecule has 3 rings (SSSR count). The van der Waals surface area contributed by atoms with E-state index < -0.39 is 0 Å². The molecule has 18 heavy (non-hydrogen) atoms. The monoisotopic (exact) mass is 240 g/mol. The van der Waals surface area contributed by atoms with Crippen molar-refractivity contribution in [2.24, 2.45) is 5.41 Å². The smallest absolute Gasteiger partial charge is 0.155 e. The van der Waals surface area contributed by atoms with Crippen LogP contribution in [0, 0.1) is 5.41 Å². The van der Waals surface area contributed by atoms with Gasteiger partial charge in [0.05, 0.1) is 0 Å². The maximum absolute atomic E-state index is 11.6. The van der Waals surface area contributed by atoms with Gasteiger partial charge in [0.15, 0.2) is 5.78 Å². The van der Waals surface area contributed by atoms with Gasteiger partial charge in [-0.25, -0.2) is 0 Å². The molecule has 2 aliphatic rings. The maximum Gasteiger partial charge on any atom is 0.155 e. The fraction of sp³-hybridized carbons (Fsp3) is 0.471. The van der Waals surface area contributed by atoms with Crippen LogP contribution in [0.3, 0.4) is 0 Å². The lowest BCUT2D eigenvalue weighted by molar-refractivity contribution is -0.115. The Hall–Kier alpha value is -1.37. The number of hydrogen-bond donors (Lipinski definition) is 0. The molecule has 0 unspecified atom stereocenters. The predicted molar refractivity (Wildman–Crippen MR) is 73.5 cm³/mol. The minimum atomic E-state index is 0.305. The number of fused-ring (bicyclic) bond motifs is 1. The summed E-state index contributed by atoms with van der Waals surface area (Å²) >= 11 is 0. The number of allylic oxidation sites excluding steroid dienone is 2. The molecule has 1 fully saturated rings. The van der Waals surface area contributed by atoms with Gasteiger partial charge in [0.25, 0.3) is 0 Å². The Morgan fingerprint density at radius 2 is 1.94 bits per heavy atom. The van der Waals surface area contributed by atoms with E-state index in [1.807, 2.05) is 6.08 Å². The van der Waals surface area contributed by atoms with Crippen LogP contribution in [-0.4, -0.2) is 5.78 Å². The summed E-state index contributed by atoms with van der Waals surface area (Å²) in [6.45, 7) is 2.34. The van der Waals surface area contributed by atoms with Gasteiger partial charge in [0.2, 0.25) is 0 Å². The third-order valence-electron chi connectivity index (χ3n) is 4.82. The summed E-state index contributed by atoms with van der Waals surface area (Å²) < 4.78 is 0. The second kappa shape index (κ2) is 4.38. The summed E-state index contributed by atoms with van der Waals surface area (Å²) in [5, 5.41) is 0. The Morgan fingerprint density at radius 1 is 1.17 bits per heavy atom. The zero-order valence-electron chi connectivity index (χ0n) is 11.0. The van der Waals surface area contributed by atoms with Crippen LogP contribution in [0.1, 0.15) is 50.5 Å². The van der Waals surface area contributed by atoms with E-state index in [0.29, 0.717) is 17.1 Å². The van der Waals surface area contributed by atoms with Crippen LogP contribution in [0.15, 0.2) is 42.0 Å². The molecule has 94 valence electrons. The highest BCUT2D eigenvalue weighted by atomic mass is 16.1. The third-order valence-corrected chi connectivity index (χ3v) is 4.82. The lowest BCUT2D eigenvalue weighted by Gasteiger charge is -2.42. The van der Waals surface area contributed by atoms with Crippen molar-refractivity contribution in [3.05, 3.63) is 47.5 Å². The first-order valence-corrected chi connectivity index (χ1v) is 6.96. The van der Waals surface area contributed by atoms with Crippen LogP contribution in [0.5, 0.6) is 0 Å². The molecule has 0 bridgehead atoms. The molecule has 2 atom stereocenters. The van der Waals surface area contributed by atoms with E-state index in [1.165, 1.54) is 24.0 Å². The van der Waals surface area contributed by atoms with Crippen LogP contribution in [0.4, 0.5) is 0 Å². The molecule has 2 aliphatic carbocycles. The van der Waals surface area contributed by atoms with Gasteiger partial charge in [-0.3, -0.25) is 4.79 Å². The van der Waals surface area contributed by atoms with Gasteiger partial charge in [0, 0.05) is 6.42 Å². The van der Waals surface area contributed by atoms with E-state index in [9.17, 15) is 4.79 Å². The largest absolute Gasteiger partial charge is 0.295 e. The van der Waals surface area contributed by atoms with E-state index in [4.69, 9.17) is 0 Å². The highest BCUT2D eigenvalue weighted by molar-refractivity contribution is 5.91. The molecule has 0 aromatic heterocycles. The quantitative estimate of drug-likeness (QED) is 0.717. The van der Waals surface area contributed by atoms with E-state index in [-0.39, 0.29) is 0 Å². The van der Waals surface area contributed by atoms with Crippen LogP contribution in [0.2, 0.25) is 0 Å². The first kappa shape index (κ1) is 11.7. The fourth-order valence-corrected chi connectivity index (χ4v) is 3.46. The average molecular weight is 240 g/mol. The first-order chi connectivity index (χ1) is 8.67. The summed E-state index contributed by atoms with van der Waals surface area (Å²) in [6.07, 6.45) is 7.30. The van der Waals surface area contributed by atoms with E-state index in [0.717, 1.165) is 19.3 Å².